The minimum absolute atomic E-state index is 0.136. The smallest absolute Gasteiger partial charge is 0.352 e. The number of hydrogen-bond donors (Lipinski definition) is 4. The van der Waals surface area contributed by atoms with E-state index in [4.69, 9.17) is 5.11 Å². The van der Waals surface area contributed by atoms with Crippen LogP contribution in [0.2, 0.25) is 0 Å². The van der Waals surface area contributed by atoms with E-state index < -0.39 is 41.8 Å². The summed E-state index contributed by atoms with van der Waals surface area (Å²) in [5.74, 6) is -3.42. The van der Waals surface area contributed by atoms with Crippen LogP contribution in [-0.4, -0.2) is 105 Å². The molecule has 35 heavy (non-hydrogen) atoms. The summed E-state index contributed by atoms with van der Waals surface area (Å²) < 4.78 is 1.45. The highest BCUT2D eigenvalue weighted by Gasteiger charge is 2.54. The Bertz CT molecular complexity index is 1230. The van der Waals surface area contributed by atoms with Gasteiger partial charge in [-0.25, -0.2) is 14.3 Å². The molecule has 0 saturated carbocycles. The first-order valence-corrected chi connectivity index (χ1v) is 11.8. The first-order valence-electron chi connectivity index (χ1n) is 9.75. The van der Waals surface area contributed by atoms with E-state index >= 15 is 0 Å². The Kier molecular flexibility index (Phi) is 7.01. The molecule has 2 aromatic heterocycles. The van der Waals surface area contributed by atoms with Crippen LogP contribution in [0.3, 0.4) is 0 Å². The third-order valence-corrected chi connectivity index (χ3v) is 7.24. The van der Waals surface area contributed by atoms with Gasteiger partial charge >= 0.3 is 11.9 Å². The average Bonchev–Trinajstić information content (AvgIpc) is 3.49. The molecule has 0 aromatic carbocycles. The molecular formula is C17H17N9O7S2. The van der Waals surface area contributed by atoms with Crippen LogP contribution in [0.25, 0.3) is 0 Å². The van der Waals surface area contributed by atoms with Crippen molar-refractivity contribution in [1.82, 2.24) is 40.6 Å². The zero-order valence-electron chi connectivity index (χ0n) is 17.8. The fourth-order valence-corrected chi connectivity index (χ4v) is 5.59. The summed E-state index contributed by atoms with van der Waals surface area (Å²) in [7, 11) is 1.65. The number of carboxylic acid groups (broad SMARTS) is 2. The molecule has 2 amide bonds. The highest BCUT2D eigenvalue weighted by Crippen LogP contribution is 2.41. The number of fused-ring (bicyclic) bond motifs is 1. The van der Waals surface area contributed by atoms with Gasteiger partial charge in [0, 0.05) is 24.8 Å². The number of rotatable bonds is 10. The Morgan fingerprint density at radius 3 is 2.83 bits per heavy atom. The maximum Gasteiger partial charge on any atom is 0.352 e. The molecule has 4 heterocycles. The SMILES string of the molecule is Cn1nnnc1SCC1=C(C(=O)O)N2C(=O)[C@H](NC(=O)/C(=N\OCC(=O)O)c3ccn[nH]3)[C@@H]2SC1. The third kappa shape index (κ3) is 4.97. The molecule has 16 nitrogen and oxygen atoms in total. The van der Waals surface area contributed by atoms with Crippen LogP contribution in [0.1, 0.15) is 5.69 Å². The fourth-order valence-electron chi connectivity index (χ4n) is 3.25. The highest BCUT2D eigenvalue weighted by molar-refractivity contribution is 8.01. The van der Waals surface area contributed by atoms with Crippen LogP contribution in [-0.2, 0) is 31.1 Å². The van der Waals surface area contributed by atoms with E-state index in [1.165, 1.54) is 40.5 Å². The largest absolute Gasteiger partial charge is 0.479 e. The van der Waals surface area contributed by atoms with E-state index in [1.807, 2.05) is 0 Å². The summed E-state index contributed by atoms with van der Waals surface area (Å²) in [5.41, 5.74) is 0.196. The molecule has 0 radical (unpaired) electrons. The number of carbonyl (C=O) groups is 4. The zero-order chi connectivity index (χ0) is 25.1. The number of carboxylic acids is 2. The minimum atomic E-state index is -1.29. The van der Waals surface area contributed by atoms with E-state index in [0.29, 0.717) is 16.5 Å². The molecule has 2 aromatic rings. The topological polar surface area (TPSA) is 218 Å². The van der Waals surface area contributed by atoms with Crippen molar-refractivity contribution >= 4 is 53.0 Å². The van der Waals surface area contributed by atoms with Crippen LogP contribution in [0.4, 0.5) is 0 Å². The Balaban J connectivity index is 1.48. The van der Waals surface area contributed by atoms with Gasteiger partial charge in [-0.2, -0.15) is 5.10 Å². The van der Waals surface area contributed by atoms with Crippen molar-refractivity contribution in [1.29, 1.82) is 0 Å². The first-order chi connectivity index (χ1) is 16.8. The predicted octanol–water partition coefficient (Wildman–Crippen LogP) is -1.73. The van der Waals surface area contributed by atoms with Gasteiger partial charge in [0.05, 0.1) is 5.69 Å². The number of carbonyl (C=O) groups excluding carboxylic acids is 2. The lowest BCUT2D eigenvalue weighted by molar-refractivity contribution is -0.150. The molecule has 2 aliphatic heterocycles. The fraction of sp³-hybridized carbons (Fsp3) is 0.353. The summed E-state index contributed by atoms with van der Waals surface area (Å²) in [4.78, 5) is 54.2. The number of tetrazole rings is 1. The lowest BCUT2D eigenvalue weighted by Gasteiger charge is -2.49. The first kappa shape index (κ1) is 24.2. The number of aromatic amines is 1. The number of nitrogens with one attached hydrogen (secondary N) is 2. The molecule has 2 atom stereocenters. The Morgan fingerprint density at radius 2 is 2.20 bits per heavy atom. The number of oxime groups is 1. The van der Waals surface area contributed by atoms with Crippen molar-refractivity contribution in [2.75, 3.05) is 18.1 Å². The number of β-lactam (4-membered cyclic amide) rings is 1. The normalized spacial score (nSPS) is 19.7. The second-order valence-corrected chi connectivity index (χ2v) is 9.12. The minimum Gasteiger partial charge on any atom is -0.479 e. The second kappa shape index (κ2) is 10.1. The number of aromatic nitrogens is 6. The number of thioether (sulfide) groups is 2. The monoisotopic (exact) mass is 523 g/mol. The van der Waals surface area contributed by atoms with Gasteiger partial charge in [0.25, 0.3) is 11.8 Å². The van der Waals surface area contributed by atoms with Crippen molar-refractivity contribution in [3.63, 3.8) is 0 Å². The number of aryl methyl sites for hydroxylation is 1. The van der Waals surface area contributed by atoms with Gasteiger partial charge in [0.2, 0.25) is 11.8 Å². The molecule has 4 N–H and O–H groups in total. The number of amides is 2. The van der Waals surface area contributed by atoms with Crippen LogP contribution in [0, 0.1) is 0 Å². The number of H-pyrrole nitrogens is 1. The molecule has 4 rings (SSSR count). The Hall–Kier alpha value is -3.93. The van der Waals surface area contributed by atoms with E-state index in [1.54, 1.807) is 7.05 Å². The quantitative estimate of drug-likeness (QED) is 0.118. The Morgan fingerprint density at radius 1 is 1.40 bits per heavy atom. The summed E-state index contributed by atoms with van der Waals surface area (Å²) in [6.07, 6.45) is 1.35. The molecular weight excluding hydrogens is 506 g/mol. The van der Waals surface area contributed by atoms with Crippen molar-refractivity contribution in [2.45, 2.75) is 16.6 Å². The zero-order valence-corrected chi connectivity index (χ0v) is 19.4. The molecule has 1 fully saturated rings. The molecule has 0 unspecified atom stereocenters. The lowest BCUT2D eigenvalue weighted by atomic mass is 10.0. The van der Waals surface area contributed by atoms with Crippen molar-refractivity contribution in [3.8, 4) is 0 Å². The van der Waals surface area contributed by atoms with E-state index in [-0.39, 0.29) is 22.9 Å². The van der Waals surface area contributed by atoms with E-state index in [9.17, 15) is 24.3 Å². The molecule has 0 bridgehead atoms. The highest BCUT2D eigenvalue weighted by atomic mass is 32.2. The number of nitrogens with zero attached hydrogens (tertiary/aromatic N) is 7. The van der Waals surface area contributed by atoms with Crippen LogP contribution in [0.15, 0.2) is 33.8 Å². The van der Waals surface area contributed by atoms with Gasteiger partial charge in [-0.15, -0.1) is 16.9 Å². The summed E-state index contributed by atoms with van der Waals surface area (Å²) >= 11 is 2.53. The van der Waals surface area contributed by atoms with E-state index in [2.05, 4.69) is 41.0 Å². The van der Waals surface area contributed by atoms with Gasteiger partial charge in [-0.3, -0.25) is 19.6 Å². The maximum atomic E-state index is 12.9. The Labute approximate surface area is 204 Å². The summed E-state index contributed by atoms with van der Waals surface area (Å²) in [5, 5.41) is 41.8. The van der Waals surface area contributed by atoms with Crippen LogP contribution in [0.5, 0.6) is 0 Å². The summed E-state index contributed by atoms with van der Waals surface area (Å²) in [6.45, 7) is -0.780. The maximum absolute atomic E-state index is 12.9. The van der Waals surface area contributed by atoms with Crippen LogP contribution >= 0.6 is 23.5 Å². The van der Waals surface area contributed by atoms with Crippen molar-refractivity contribution in [2.24, 2.45) is 12.2 Å². The van der Waals surface area contributed by atoms with Crippen molar-refractivity contribution in [3.05, 3.63) is 29.2 Å². The molecule has 0 spiro atoms. The summed E-state index contributed by atoms with van der Waals surface area (Å²) in [6, 6.07) is 0.390. The van der Waals surface area contributed by atoms with Gasteiger partial charge in [0.15, 0.2) is 5.71 Å². The average molecular weight is 524 g/mol. The standard InChI is InChI=1S/C17H17N9O7S2/c1-25-17(21-23-24-25)35-6-7-5-34-15-11(14(30)26(15)12(7)16(31)32)19-13(29)10(8-2-3-18-20-8)22-33-4-9(27)28/h2-3,11,15H,4-6H2,1H3,(H,18,20)(H,19,29)(H,27,28)(H,31,32)/b22-10-/t11-,15-/m0/s1. The molecule has 184 valence electrons. The van der Waals surface area contributed by atoms with Gasteiger partial charge in [-0.05, 0) is 22.1 Å². The second-order valence-electron chi connectivity index (χ2n) is 7.07. The molecule has 0 aliphatic carbocycles. The van der Waals surface area contributed by atoms with E-state index in [0.717, 1.165) is 4.90 Å². The third-order valence-electron chi connectivity index (χ3n) is 4.81. The number of aliphatic carboxylic acids is 2. The number of hydrogen-bond acceptors (Lipinski definition) is 12. The van der Waals surface area contributed by atoms with Crippen LogP contribution < -0.4 is 5.32 Å². The van der Waals surface area contributed by atoms with Gasteiger partial charge in [-0.1, -0.05) is 16.9 Å². The van der Waals surface area contributed by atoms with Gasteiger partial charge in [0.1, 0.15) is 17.1 Å². The molecule has 1 saturated heterocycles. The molecule has 2 aliphatic rings. The predicted molar refractivity (Wildman–Crippen MR) is 118 cm³/mol. The lowest BCUT2D eigenvalue weighted by Crippen LogP contribution is -2.71. The van der Waals surface area contributed by atoms with Crippen molar-refractivity contribution < 1.29 is 34.2 Å². The molecule has 18 heteroatoms. The van der Waals surface area contributed by atoms with Gasteiger partial charge < -0.3 is 20.4 Å².